The largest absolute Gasteiger partial charge is 0.484 e. The number of benzene rings is 3. The summed E-state index contributed by atoms with van der Waals surface area (Å²) in [7, 11) is 0. The van der Waals surface area contributed by atoms with Gasteiger partial charge in [0.05, 0.1) is 0 Å². The molecule has 6 heteroatoms. The average molecular weight is 491 g/mol. The maximum absolute atomic E-state index is 14.6. The molecule has 0 radical (unpaired) electrons. The second kappa shape index (κ2) is 12.9. The molecule has 3 aromatic carbocycles. The van der Waals surface area contributed by atoms with Crippen molar-refractivity contribution in [3.05, 3.63) is 101 Å². The lowest BCUT2D eigenvalue weighted by Gasteiger charge is -2.32. The van der Waals surface area contributed by atoms with Crippen LogP contribution in [-0.4, -0.2) is 35.4 Å². The van der Waals surface area contributed by atoms with Crippen LogP contribution < -0.4 is 10.1 Å². The predicted octanol–water partition coefficient (Wildman–Crippen LogP) is 5.38. The van der Waals surface area contributed by atoms with E-state index in [2.05, 4.69) is 5.32 Å². The number of nitrogens with one attached hydrogen (secondary N) is 1. The lowest BCUT2D eigenvalue weighted by Crippen LogP contribution is -2.53. The zero-order chi connectivity index (χ0) is 26.1. The van der Waals surface area contributed by atoms with Crippen molar-refractivity contribution in [3.63, 3.8) is 0 Å². The molecule has 0 aliphatic heterocycles. The number of amides is 2. The minimum absolute atomic E-state index is 0.0484. The molecule has 0 aliphatic rings. The summed E-state index contributed by atoms with van der Waals surface area (Å²) in [6.45, 7) is 7.57. The number of ether oxygens (including phenoxy) is 1. The van der Waals surface area contributed by atoms with E-state index >= 15 is 0 Å². The van der Waals surface area contributed by atoms with Crippen LogP contribution >= 0.6 is 0 Å². The van der Waals surface area contributed by atoms with Crippen molar-refractivity contribution in [2.45, 2.75) is 59.2 Å². The minimum atomic E-state index is -0.836. The van der Waals surface area contributed by atoms with E-state index < -0.39 is 17.8 Å². The lowest BCUT2D eigenvalue weighted by atomic mass is 10.0. The summed E-state index contributed by atoms with van der Waals surface area (Å²) in [6, 6.07) is 20.6. The molecule has 0 spiro atoms. The summed E-state index contributed by atoms with van der Waals surface area (Å²) in [4.78, 5) is 28.5. The van der Waals surface area contributed by atoms with E-state index in [9.17, 15) is 14.0 Å². The Morgan fingerprint density at radius 3 is 2.33 bits per heavy atom. The van der Waals surface area contributed by atoms with E-state index in [0.717, 1.165) is 23.1 Å². The van der Waals surface area contributed by atoms with E-state index in [4.69, 9.17) is 4.74 Å². The van der Waals surface area contributed by atoms with Gasteiger partial charge in [0, 0.05) is 24.6 Å². The number of rotatable bonds is 11. The standard InChI is InChI=1S/C30H35FN2O3/c1-5-23(4)32-30(35)28(18-24-11-7-6-8-12-24)33(19-25-13-9-10-14-27(25)31)29(34)20-36-26-16-15-21(2)22(3)17-26/h6-17,23,28H,5,18-20H2,1-4H3,(H,32,35)/t23-,28+/m1/s1. The fraction of sp³-hybridized carbons (Fsp3) is 0.333. The molecule has 0 aromatic heterocycles. The van der Waals surface area contributed by atoms with Crippen molar-refractivity contribution >= 4 is 11.8 Å². The molecule has 0 fully saturated rings. The third-order valence-corrected chi connectivity index (χ3v) is 6.41. The van der Waals surface area contributed by atoms with Crippen LogP contribution in [0.15, 0.2) is 72.8 Å². The van der Waals surface area contributed by atoms with Crippen molar-refractivity contribution < 1.29 is 18.7 Å². The fourth-order valence-corrected chi connectivity index (χ4v) is 3.84. The maximum atomic E-state index is 14.6. The molecular weight excluding hydrogens is 455 g/mol. The smallest absolute Gasteiger partial charge is 0.261 e. The van der Waals surface area contributed by atoms with Crippen molar-refractivity contribution in [1.29, 1.82) is 0 Å². The van der Waals surface area contributed by atoms with Gasteiger partial charge in [-0.15, -0.1) is 0 Å². The number of carbonyl (C=O) groups excluding carboxylic acids is 2. The van der Waals surface area contributed by atoms with Crippen LogP contribution in [0.1, 0.15) is 42.5 Å². The molecule has 0 saturated carbocycles. The van der Waals surface area contributed by atoms with Crippen molar-refractivity contribution in [2.75, 3.05) is 6.61 Å². The van der Waals surface area contributed by atoms with E-state index in [1.807, 2.05) is 76.2 Å². The van der Waals surface area contributed by atoms with Crippen LogP contribution in [0.25, 0.3) is 0 Å². The van der Waals surface area contributed by atoms with Gasteiger partial charge in [0.15, 0.2) is 6.61 Å². The Morgan fingerprint density at radius 2 is 1.67 bits per heavy atom. The summed E-state index contributed by atoms with van der Waals surface area (Å²) in [5.41, 5.74) is 3.42. The van der Waals surface area contributed by atoms with Crippen molar-refractivity contribution in [2.24, 2.45) is 0 Å². The number of aryl methyl sites for hydroxylation is 2. The van der Waals surface area contributed by atoms with Crippen LogP contribution in [0.4, 0.5) is 4.39 Å². The average Bonchev–Trinajstić information content (AvgIpc) is 2.88. The first-order valence-electron chi connectivity index (χ1n) is 12.4. The molecule has 1 N–H and O–H groups in total. The zero-order valence-corrected chi connectivity index (χ0v) is 21.5. The second-order valence-electron chi connectivity index (χ2n) is 9.17. The Hall–Kier alpha value is -3.67. The van der Waals surface area contributed by atoms with Crippen LogP contribution in [0, 0.1) is 19.7 Å². The number of hydrogen-bond donors (Lipinski definition) is 1. The first-order chi connectivity index (χ1) is 17.3. The normalized spacial score (nSPS) is 12.5. The Morgan fingerprint density at radius 1 is 0.972 bits per heavy atom. The maximum Gasteiger partial charge on any atom is 0.261 e. The van der Waals surface area contributed by atoms with E-state index in [-0.39, 0.29) is 25.1 Å². The highest BCUT2D eigenvalue weighted by Crippen LogP contribution is 2.19. The number of halogens is 1. The number of nitrogens with zero attached hydrogens (tertiary/aromatic N) is 1. The van der Waals surface area contributed by atoms with E-state index in [1.54, 1.807) is 18.2 Å². The quantitative estimate of drug-likeness (QED) is 0.393. The highest BCUT2D eigenvalue weighted by molar-refractivity contribution is 5.88. The minimum Gasteiger partial charge on any atom is -0.484 e. The highest BCUT2D eigenvalue weighted by atomic mass is 19.1. The van der Waals surface area contributed by atoms with Gasteiger partial charge < -0.3 is 15.0 Å². The molecule has 3 aromatic rings. The third kappa shape index (κ3) is 7.41. The summed E-state index contributed by atoms with van der Waals surface area (Å²) < 4.78 is 20.5. The lowest BCUT2D eigenvalue weighted by molar-refractivity contribution is -0.143. The predicted molar refractivity (Wildman–Crippen MR) is 140 cm³/mol. The van der Waals surface area contributed by atoms with Gasteiger partial charge in [-0.1, -0.05) is 61.5 Å². The van der Waals surface area contributed by atoms with Gasteiger partial charge in [-0.25, -0.2) is 4.39 Å². The molecule has 0 saturated heterocycles. The van der Waals surface area contributed by atoms with Crippen molar-refractivity contribution in [1.82, 2.24) is 10.2 Å². The topological polar surface area (TPSA) is 58.6 Å². The van der Waals surface area contributed by atoms with E-state index in [0.29, 0.717) is 17.7 Å². The summed E-state index contributed by atoms with van der Waals surface area (Å²) >= 11 is 0. The van der Waals surface area contributed by atoms with Gasteiger partial charge in [0.2, 0.25) is 5.91 Å². The molecule has 36 heavy (non-hydrogen) atoms. The number of hydrogen-bond acceptors (Lipinski definition) is 3. The molecule has 0 heterocycles. The molecule has 2 amide bonds. The Kier molecular flexibility index (Phi) is 9.62. The molecular formula is C30H35FN2O3. The molecule has 3 rings (SSSR count). The highest BCUT2D eigenvalue weighted by Gasteiger charge is 2.31. The zero-order valence-electron chi connectivity index (χ0n) is 21.5. The first kappa shape index (κ1) is 26.9. The fourth-order valence-electron chi connectivity index (χ4n) is 3.84. The van der Waals surface area contributed by atoms with Crippen LogP contribution in [0.2, 0.25) is 0 Å². The monoisotopic (exact) mass is 490 g/mol. The molecule has 0 unspecified atom stereocenters. The van der Waals surface area contributed by atoms with E-state index in [1.165, 1.54) is 11.0 Å². The molecule has 2 atom stereocenters. The van der Waals surface area contributed by atoms with Crippen molar-refractivity contribution in [3.8, 4) is 5.75 Å². The molecule has 0 bridgehead atoms. The second-order valence-corrected chi connectivity index (χ2v) is 9.17. The SMILES string of the molecule is CC[C@@H](C)NC(=O)[C@H](Cc1ccccc1)N(Cc1ccccc1F)C(=O)COc1ccc(C)c(C)c1. The third-order valence-electron chi connectivity index (χ3n) is 6.41. The van der Waals surface area contributed by atoms with Gasteiger partial charge in [-0.05, 0) is 62.1 Å². The molecule has 5 nitrogen and oxygen atoms in total. The Labute approximate surface area is 213 Å². The number of carbonyl (C=O) groups is 2. The summed E-state index contributed by atoms with van der Waals surface area (Å²) in [5, 5.41) is 3.01. The van der Waals surface area contributed by atoms with Crippen LogP contribution in [-0.2, 0) is 22.6 Å². The Bertz CT molecular complexity index is 1170. The van der Waals surface area contributed by atoms with Gasteiger partial charge in [-0.3, -0.25) is 9.59 Å². The van der Waals surface area contributed by atoms with Gasteiger partial charge in [-0.2, -0.15) is 0 Å². The first-order valence-corrected chi connectivity index (χ1v) is 12.4. The summed E-state index contributed by atoms with van der Waals surface area (Å²) in [6.07, 6.45) is 1.05. The molecule has 0 aliphatic carbocycles. The Balaban J connectivity index is 1.92. The van der Waals surface area contributed by atoms with Crippen LogP contribution in [0.3, 0.4) is 0 Å². The van der Waals surface area contributed by atoms with Gasteiger partial charge >= 0.3 is 0 Å². The van der Waals surface area contributed by atoms with Crippen LogP contribution in [0.5, 0.6) is 5.75 Å². The summed E-state index contributed by atoms with van der Waals surface area (Å²) in [5.74, 6) is -0.520. The molecule has 190 valence electrons. The van der Waals surface area contributed by atoms with Gasteiger partial charge in [0.1, 0.15) is 17.6 Å². The van der Waals surface area contributed by atoms with Gasteiger partial charge in [0.25, 0.3) is 5.91 Å².